The summed E-state index contributed by atoms with van der Waals surface area (Å²) in [6.07, 6.45) is 5.26. The summed E-state index contributed by atoms with van der Waals surface area (Å²) in [6, 6.07) is 13.9. The maximum atomic E-state index is 10.4. The van der Waals surface area contributed by atoms with Crippen LogP contribution in [0.2, 0.25) is 0 Å². The van der Waals surface area contributed by atoms with Gasteiger partial charge in [0.05, 0.1) is 12.7 Å². The molecule has 128 valence electrons. The first-order chi connectivity index (χ1) is 12.5. The van der Waals surface area contributed by atoms with Crippen LogP contribution in [0.3, 0.4) is 0 Å². The molecule has 0 amide bonds. The largest absolute Gasteiger partial charge is 0.382 e. The lowest BCUT2D eigenvalue weighted by atomic mass is 10.00. The maximum Gasteiger partial charge on any atom is 0.163 e. The van der Waals surface area contributed by atoms with Crippen LogP contribution >= 0.6 is 0 Å². The van der Waals surface area contributed by atoms with Crippen LogP contribution in [0.1, 0.15) is 5.56 Å². The van der Waals surface area contributed by atoms with E-state index in [2.05, 4.69) is 22.0 Å². The van der Waals surface area contributed by atoms with Crippen molar-refractivity contribution in [1.29, 1.82) is 0 Å². The molecule has 0 saturated carbocycles. The van der Waals surface area contributed by atoms with Crippen molar-refractivity contribution in [1.82, 2.24) is 15.1 Å². The Kier molecular flexibility index (Phi) is 3.83. The molecule has 1 aliphatic rings. The van der Waals surface area contributed by atoms with E-state index in [-0.39, 0.29) is 0 Å². The van der Waals surface area contributed by atoms with Crippen molar-refractivity contribution in [3.05, 3.63) is 66.5 Å². The first-order valence-electron chi connectivity index (χ1n) is 8.29. The molecule has 1 aromatic heterocycles. The van der Waals surface area contributed by atoms with E-state index < -0.39 is 5.60 Å². The molecule has 0 unspecified atom stereocenters. The number of nitrogens with zero attached hydrogens (tertiary/aromatic N) is 3. The predicted molar refractivity (Wildman–Crippen MR) is 103 cm³/mol. The van der Waals surface area contributed by atoms with Crippen molar-refractivity contribution in [3.63, 3.8) is 0 Å². The van der Waals surface area contributed by atoms with Gasteiger partial charge in [-0.2, -0.15) is 5.10 Å². The summed E-state index contributed by atoms with van der Waals surface area (Å²) in [6.45, 7) is 0.477. The Hall–Kier alpha value is -3.36. The summed E-state index contributed by atoms with van der Waals surface area (Å²) in [5.41, 5.74) is 7.75. The van der Waals surface area contributed by atoms with E-state index in [1.54, 1.807) is 12.3 Å². The van der Waals surface area contributed by atoms with Crippen LogP contribution < -0.4 is 5.73 Å². The fourth-order valence-electron chi connectivity index (χ4n) is 3.05. The van der Waals surface area contributed by atoms with E-state index in [9.17, 15) is 5.11 Å². The zero-order valence-corrected chi connectivity index (χ0v) is 14.3. The van der Waals surface area contributed by atoms with Crippen molar-refractivity contribution in [2.24, 2.45) is 0 Å². The number of anilines is 1. The monoisotopic (exact) mass is 342 g/mol. The summed E-state index contributed by atoms with van der Waals surface area (Å²) in [5.74, 6) is 6.46. The predicted octanol–water partition coefficient (Wildman–Crippen LogP) is 2.42. The molecule has 1 aliphatic heterocycles. The summed E-state index contributed by atoms with van der Waals surface area (Å²) >= 11 is 0. The second-order valence-electron chi connectivity index (χ2n) is 6.52. The number of β-amino-alcohol motifs (C(OH)–C–C–N with tert-alkyl or cyclic N) is 1. The molecule has 0 radical (unpaired) electrons. The van der Waals surface area contributed by atoms with E-state index in [1.165, 1.54) is 0 Å². The van der Waals surface area contributed by atoms with Crippen LogP contribution in [0.25, 0.3) is 21.9 Å². The number of hydrogen-bond donors (Lipinski definition) is 2. The number of nitrogen functional groups attached to an aromatic ring is 1. The lowest BCUT2D eigenvalue weighted by molar-refractivity contribution is 0.141. The molecule has 3 N–H and O–H groups in total. The van der Waals surface area contributed by atoms with Gasteiger partial charge >= 0.3 is 0 Å². The Morgan fingerprint density at radius 1 is 1.19 bits per heavy atom. The minimum atomic E-state index is -1.10. The lowest BCUT2D eigenvalue weighted by Crippen LogP contribution is -2.30. The zero-order chi connectivity index (χ0) is 18.1. The molecular weight excluding hydrogens is 324 g/mol. The average Bonchev–Trinajstić information content (AvgIpc) is 3.00. The molecule has 0 saturated heterocycles. The molecule has 0 spiro atoms. The van der Waals surface area contributed by atoms with Crippen molar-refractivity contribution in [3.8, 4) is 23.0 Å². The number of benzene rings is 2. The summed E-state index contributed by atoms with van der Waals surface area (Å²) < 4.78 is 0. The normalized spacial score (nSPS) is 18.8. The number of rotatable bonds is 1. The Bertz CT molecular complexity index is 1080. The standard InChI is InChI=1S/C21H18N4O/c1-25-10-9-21(26,14-25)8-7-15-3-2-4-16(11-15)17-5-6-18-13-23-24-20(22)19(18)12-17/h2-6,9-13,26H,14H2,1H3,(H2,22,24)/t21-/m0/s1. The van der Waals surface area contributed by atoms with Crippen LogP contribution in [0.5, 0.6) is 0 Å². The van der Waals surface area contributed by atoms with E-state index in [0.717, 1.165) is 27.5 Å². The quantitative estimate of drug-likeness (QED) is 0.664. The van der Waals surface area contributed by atoms with Crippen LogP contribution in [-0.2, 0) is 0 Å². The summed E-state index contributed by atoms with van der Waals surface area (Å²) in [7, 11) is 1.91. The van der Waals surface area contributed by atoms with Gasteiger partial charge in [0.2, 0.25) is 0 Å². The fraction of sp³-hybridized carbons (Fsp3) is 0.143. The SMILES string of the molecule is CN1C=C[C@@](O)(C#Cc2cccc(-c3ccc4cnnc(N)c4c3)c2)C1. The van der Waals surface area contributed by atoms with Crippen LogP contribution in [0.15, 0.2) is 60.9 Å². The third-order valence-electron chi connectivity index (χ3n) is 4.41. The van der Waals surface area contributed by atoms with E-state index in [0.29, 0.717) is 12.4 Å². The summed E-state index contributed by atoms with van der Waals surface area (Å²) in [5, 5.41) is 20.1. The molecule has 0 bridgehead atoms. The second-order valence-corrected chi connectivity index (χ2v) is 6.52. The minimum Gasteiger partial charge on any atom is -0.382 e. The van der Waals surface area contributed by atoms with Gasteiger partial charge in [0.15, 0.2) is 11.4 Å². The third-order valence-corrected chi connectivity index (χ3v) is 4.41. The van der Waals surface area contributed by atoms with E-state index in [4.69, 9.17) is 5.73 Å². The molecule has 0 aliphatic carbocycles. The topological polar surface area (TPSA) is 75.3 Å². The highest BCUT2D eigenvalue weighted by Crippen LogP contribution is 2.27. The summed E-state index contributed by atoms with van der Waals surface area (Å²) in [4.78, 5) is 1.91. The van der Waals surface area contributed by atoms with Crippen molar-refractivity contribution in [2.45, 2.75) is 5.60 Å². The Balaban J connectivity index is 1.69. The lowest BCUT2D eigenvalue weighted by Gasteiger charge is -2.15. The highest BCUT2D eigenvalue weighted by atomic mass is 16.3. The van der Waals surface area contributed by atoms with E-state index in [1.807, 2.05) is 60.6 Å². The Labute approximate surface area is 151 Å². The zero-order valence-electron chi connectivity index (χ0n) is 14.3. The van der Waals surface area contributed by atoms with Gasteiger partial charge in [0.1, 0.15) is 0 Å². The number of nitrogens with two attached hydrogens (primary N) is 1. The van der Waals surface area contributed by atoms with Gasteiger partial charge in [-0.3, -0.25) is 0 Å². The highest BCUT2D eigenvalue weighted by molar-refractivity contribution is 5.93. The van der Waals surface area contributed by atoms with Crippen LogP contribution in [-0.4, -0.2) is 39.4 Å². The van der Waals surface area contributed by atoms with Crippen LogP contribution in [0, 0.1) is 11.8 Å². The molecular formula is C21H18N4O. The molecule has 3 aromatic rings. The Morgan fingerprint density at radius 3 is 2.85 bits per heavy atom. The average molecular weight is 342 g/mol. The van der Waals surface area contributed by atoms with Crippen molar-refractivity contribution in [2.75, 3.05) is 19.3 Å². The van der Waals surface area contributed by atoms with Gasteiger partial charge in [-0.1, -0.05) is 36.1 Å². The smallest absolute Gasteiger partial charge is 0.163 e. The van der Waals surface area contributed by atoms with Crippen molar-refractivity contribution < 1.29 is 5.11 Å². The fourth-order valence-corrected chi connectivity index (χ4v) is 3.05. The molecule has 2 heterocycles. The molecule has 1 atom stereocenters. The van der Waals surface area contributed by atoms with Gasteiger partial charge in [-0.15, -0.1) is 5.10 Å². The second kappa shape index (κ2) is 6.17. The number of aromatic nitrogens is 2. The van der Waals surface area contributed by atoms with Gasteiger partial charge in [0.25, 0.3) is 0 Å². The molecule has 5 nitrogen and oxygen atoms in total. The number of hydrogen-bond acceptors (Lipinski definition) is 5. The molecule has 5 heteroatoms. The van der Waals surface area contributed by atoms with Crippen molar-refractivity contribution >= 4 is 16.6 Å². The first-order valence-corrected chi connectivity index (χ1v) is 8.29. The number of fused-ring (bicyclic) bond motifs is 1. The number of aliphatic hydroxyl groups is 1. The minimum absolute atomic E-state index is 0.416. The van der Waals surface area contributed by atoms with Gasteiger partial charge in [-0.05, 0) is 41.6 Å². The maximum absolute atomic E-state index is 10.4. The van der Waals surface area contributed by atoms with Gasteiger partial charge < -0.3 is 15.7 Å². The van der Waals surface area contributed by atoms with Gasteiger partial charge in [-0.25, -0.2) is 0 Å². The Morgan fingerprint density at radius 2 is 2.04 bits per heavy atom. The first kappa shape index (κ1) is 16.1. The van der Waals surface area contributed by atoms with E-state index >= 15 is 0 Å². The molecule has 26 heavy (non-hydrogen) atoms. The molecule has 2 aromatic carbocycles. The third kappa shape index (κ3) is 3.10. The highest BCUT2D eigenvalue weighted by Gasteiger charge is 2.26. The molecule has 4 rings (SSSR count). The van der Waals surface area contributed by atoms with Crippen LogP contribution in [0.4, 0.5) is 5.82 Å². The van der Waals surface area contributed by atoms with Gasteiger partial charge in [0, 0.05) is 23.4 Å². The number of likely N-dealkylation sites (N-methyl/N-ethyl adjacent to an activating group) is 1. The molecule has 0 fully saturated rings.